The predicted molar refractivity (Wildman–Crippen MR) is 95.9 cm³/mol. The second-order valence-corrected chi connectivity index (χ2v) is 9.42. The molecule has 0 bridgehead atoms. The van der Waals surface area contributed by atoms with Gasteiger partial charge in [0.2, 0.25) is 0 Å². The van der Waals surface area contributed by atoms with Crippen LogP contribution in [0.5, 0.6) is 0 Å². The minimum absolute atomic E-state index is 0.483. The highest BCUT2D eigenvalue weighted by molar-refractivity contribution is 9.10. The molecule has 1 heterocycles. The maximum Gasteiger partial charge on any atom is 0.0837 e. The highest BCUT2D eigenvalue weighted by Gasteiger charge is 2.20. The molecule has 1 aromatic carbocycles. The fourth-order valence-corrected chi connectivity index (χ4v) is 5.84. The van der Waals surface area contributed by atoms with E-state index in [1.165, 1.54) is 10.5 Å². The Hall–Kier alpha value is 0.840. The Bertz CT molecular complexity index is 414. The lowest BCUT2D eigenvalue weighted by Crippen LogP contribution is -1.95. The van der Waals surface area contributed by atoms with Gasteiger partial charge in [0.25, 0.3) is 0 Å². The Morgan fingerprint density at radius 3 is 2.78 bits per heavy atom. The van der Waals surface area contributed by atoms with E-state index in [9.17, 15) is 0 Å². The van der Waals surface area contributed by atoms with Gasteiger partial charge in [0.1, 0.15) is 0 Å². The number of benzene rings is 1. The monoisotopic (exact) mass is 378 g/mol. The lowest BCUT2D eigenvalue weighted by molar-refractivity contribution is 1.14. The van der Waals surface area contributed by atoms with E-state index in [0.29, 0.717) is 9.83 Å². The third-order valence-corrected chi connectivity index (χ3v) is 7.48. The summed E-state index contributed by atoms with van der Waals surface area (Å²) in [5.41, 5.74) is 1.40. The molecule has 2 unspecified atom stereocenters. The van der Waals surface area contributed by atoms with Crippen molar-refractivity contribution in [1.82, 2.24) is 0 Å². The fourth-order valence-electron chi connectivity index (χ4n) is 1.50. The lowest BCUT2D eigenvalue weighted by Gasteiger charge is -2.10. The zero-order valence-electron chi connectivity index (χ0n) is 10.0. The fraction of sp³-hybridized carbons (Fsp3) is 0.385. The standard InChI is InChI=1S/C13H15BrS4/c1-9(15)6-16-7-12-8-17-13(18-12)10-2-4-11(14)5-3-10/h2-5,8-9,13,15H,6-7H2,1H3. The minimum Gasteiger partial charge on any atom is -0.175 e. The van der Waals surface area contributed by atoms with Crippen molar-refractivity contribution in [2.75, 3.05) is 11.5 Å². The summed E-state index contributed by atoms with van der Waals surface area (Å²) in [6.45, 7) is 2.14. The van der Waals surface area contributed by atoms with Crippen LogP contribution in [-0.4, -0.2) is 16.8 Å². The molecule has 98 valence electrons. The summed E-state index contributed by atoms with van der Waals surface area (Å²) in [6, 6.07) is 8.64. The van der Waals surface area contributed by atoms with Crippen LogP contribution in [0, 0.1) is 0 Å². The van der Waals surface area contributed by atoms with Crippen LogP contribution in [0.4, 0.5) is 0 Å². The first-order valence-corrected chi connectivity index (χ1v) is 9.96. The summed E-state index contributed by atoms with van der Waals surface area (Å²) < 4.78 is 1.67. The molecule has 0 saturated carbocycles. The van der Waals surface area contributed by atoms with Gasteiger partial charge in [-0.15, -0.1) is 23.5 Å². The molecule has 1 aliphatic heterocycles. The second-order valence-electron chi connectivity index (χ2n) is 4.09. The van der Waals surface area contributed by atoms with Gasteiger partial charge in [-0.05, 0) is 23.1 Å². The topological polar surface area (TPSA) is 0 Å². The molecule has 0 N–H and O–H groups in total. The van der Waals surface area contributed by atoms with Gasteiger partial charge in [-0.1, -0.05) is 35.0 Å². The first kappa shape index (κ1) is 15.2. The molecule has 1 aliphatic rings. The van der Waals surface area contributed by atoms with Crippen LogP contribution >= 0.6 is 63.8 Å². The van der Waals surface area contributed by atoms with Crippen molar-refractivity contribution < 1.29 is 0 Å². The molecule has 2 atom stereocenters. The average Bonchev–Trinajstić information content (AvgIpc) is 2.78. The first-order chi connectivity index (χ1) is 8.65. The van der Waals surface area contributed by atoms with Crippen LogP contribution in [0.15, 0.2) is 39.1 Å². The summed E-state index contributed by atoms with van der Waals surface area (Å²) in [5.74, 6) is 2.24. The maximum atomic E-state index is 4.40. The van der Waals surface area contributed by atoms with Crippen molar-refractivity contribution in [2.45, 2.75) is 16.8 Å². The van der Waals surface area contributed by atoms with Crippen LogP contribution in [0.3, 0.4) is 0 Å². The molecule has 0 aromatic heterocycles. The van der Waals surface area contributed by atoms with Crippen LogP contribution < -0.4 is 0 Å². The van der Waals surface area contributed by atoms with Crippen molar-refractivity contribution in [3.8, 4) is 0 Å². The van der Waals surface area contributed by atoms with Gasteiger partial charge in [-0.2, -0.15) is 24.4 Å². The van der Waals surface area contributed by atoms with Crippen molar-refractivity contribution in [2.24, 2.45) is 0 Å². The Kier molecular flexibility index (Phi) is 6.41. The third-order valence-electron chi connectivity index (χ3n) is 2.33. The zero-order valence-corrected chi connectivity index (χ0v) is 14.9. The molecular weight excluding hydrogens is 364 g/mol. The molecule has 5 heteroatoms. The van der Waals surface area contributed by atoms with E-state index in [0.717, 1.165) is 16.0 Å². The van der Waals surface area contributed by atoms with Crippen LogP contribution in [0.25, 0.3) is 0 Å². The number of hydrogen-bond donors (Lipinski definition) is 1. The van der Waals surface area contributed by atoms with E-state index in [1.54, 1.807) is 0 Å². The number of halogens is 1. The highest BCUT2D eigenvalue weighted by atomic mass is 79.9. The van der Waals surface area contributed by atoms with Gasteiger partial charge < -0.3 is 0 Å². The molecular formula is C13H15BrS4. The van der Waals surface area contributed by atoms with E-state index in [-0.39, 0.29) is 0 Å². The Morgan fingerprint density at radius 1 is 1.39 bits per heavy atom. The van der Waals surface area contributed by atoms with Crippen molar-refractivity contribution in [3.63, 3.8) is 0 Å². The zero-order chi connectivity index (χ0) is 13.0. The van der Waals surface area contributed by atoms with Crippen molar-refractivity contribution >= 4 is 63.8 Å². The Labute approximate surface area is 136 Å². The molecule has 0 radical (unpaired) electrons. The number of thiol groups is 1. The van der Waals surface area contributed by atoms with Crippen LogP contribution in [-0.2, 0) is 0 Å². The largest absolute Gasteiger partial charge is 0.175 e. The third kappa shape index (κ3) is 4.75. The van der Waals surface area contributed by atoms with Gasteiger partial charge in [0.05, 0.1) is 4.58 Å². The van der Waals surface area contributed by atoms with E-state index < -0.39 is 0 Å². The number of thioether (sulfide) groups is 3. The van der Waals surface area contributed by atoms with Gasteiger partial charge in [0, 0.05) is 26.1 Å². The molecule has 0 spiro atoms. The Balaban J connectivity index is 1.81. The predicted octanol–water partition coefficient (Wildman–Crippen LogP) is 5.82. The van der Waals surface area contributed by atoms with Crippen LogP contribution in [0.2, 0.25) is 0 Å². The normalized spacial score (nSPS) is 20.8. The summed E-state index contributed by atoms with van der Waals surface area (Å²) >= 11 is 13.8. The van der Waals surface area contributed by atoms with Crippen LogP contribution in [0.1, 0.15) is 17.1 Å². The number of rotatable bonds is 5. The van der Waals surface area contributed by atoms with E-state index >= 15 is 0 Å². The van der Waals surface area contributed by atoms with Crippen molar-refractivity contribution in [3.05, 3.63) is 44.6 Å². The first-order valence-electron chi connectivity index (χ1n) is 5.67. The second kappa shape index (κ2) is 7.58. The molecule has 0 amide bonds. The van der Waals surface area contributed by atoms with E-state index in [2.05, 4.69) is 65.2 Å². The molecule has 0 nitrogen and oxygen atoms in total. The average molecular weight is 379 g/mol. The van der Waals surface area contributed by atoms with E-state index in [4.69, 9.17) is 0 Å². The summed E-state index contributed by atoms with van der Waals surface area (Å²) in [5, 5.41) is 2.80. The summed E-state index contributed by atoms with van der Waals surface area (Å²) in [4.78, 5) is 1.49. The molecule has 1 aromatic rings. The molecule has 2 rings (SSSR count). The highest BCUT2D eigenvalue weighted by Crippen LogP contribution is 2.51. The molecule has 0 fully saturated rings. The summed E-state index contributed by atoms with van der Waals surface area (Å²) in [7, 11) is 0. The molecule has 0 aliphatic carbocycles. The van der Waals surface area contributed by atoms with E-state index in [1.807, 2.05) is 35.3 Å². The van der Waals surface area contributed by atoms with Crippen molar-refractivity contribution in [1.29, 1.82) is 0 Å². The number of hydrogen-bond acceptors (Lipinski definition) is 4. The maximum absolute atomic E-state index is 4.40. The molecule has 0 saturated heterocycles. The SMILES string of the molecule is CC(S)CSCC1=CSC(c2ccc(Br)cc2)S1. The minimum atomic E-state index is 0.483. The van der Waals surface area contributed by atoms with Gasteiger partial charge in [-0.25, -0.2) is 0 Å². The Morgan fingerprint density at radius 2 is 2.11 bits per heavy atom. The summed E-state index contributed by atoms with van der Waals surface area (Å²) in [6.07, 6.45) is 0. The molecule has 18 heavy (non-hydrogen) atoms. The lowest BCUT2D eigenvalue weighted by atomic mass is 10.2. The van der Waals surface area contributed by atoms with Gasteiger partial charge >= 0.3 is 0 Å². The quantitative estimate of drug-likeness (QED) is 0.641. The van der Waals surface area contributed by atoms with Gasteiger partial charge in [-0.3, -0.25) is 0 Å². The van der Waals surface area contributed by atoms with Gasteiger partial charge in [0.15, 0.2) is 0 Å². The smallest absolute Gasteiger partial charge is 0.0837 e.